The molecular weight excluding hydrogens is 232 g/mol. The van der Waals surface area contributed by atoms with E-state index in [4.69, 9.17) is 5.11 Å². The number of nitrogens with one attached hydrogen (secondary N) is 1. The van der Waals surface area contributed by atoms with Gasteiger partial charge in [-0.1, -0.05) is 18.2 Å². The number of aromatic nitrogens is 1. The minimum absolute atomic E-state index is 0.287. The molecule has 0 bridgehead atoms. The van der Waals surface area contributed by atoms with Gasteiger partial charge in [0.25, 0.3) is 0 Å². The van der Waals surface area contributed by atoms with Crippen molar-refractivity contribution in [2.24, 2.45) is 11.8 Å². The molecule has 0 spiro atoms. The van der Waals surface area contributed by atoms with Crippen molar-refractivity contribution in [3.63, 3.8) is 0 Å². The van der Waals surface area contributed by atoms with Crippen LogP contribution in [-0.4, -0.2) is 22.0 Å². The second kappa shape index (κ2) is 5.44. The van der Waals surface area contributed by atoms with Crippen LogP contribution in [0.3, 0.4) is 0 Å². The number of carbonyl (C=O) groups excluding carboxylic acids is 1. The minimum atomic E-state index is -0.930. The Kier molecular flexibility index (Phi) is 3.72. The molecule has 0 aromatic carbocycles. The van der Waals surface area contributed by atoms with E-state index in [9.17, 15) is 9.59 Å². The van der Waals surface area contributed by atoms with Crippen LogP contribution >= 0.6 is 0 Å². The third-order valence-electron chi connectivity index (χ3n) is 3.00. The molecule has 5 nitrogen and oxygen atoms in total. The Morgan fingerprint density at radius 2 is 1.94 bits per heavy atom. The lowest BCUT2D eigenvalue weighted by molar-refractivity contribution is -0.146. The minimum Gasteiger partial charge on any atom is -0.481 e. The molecule has 0 unspecified atom stereocenters. The van der Waals surface area contributed by atoms with Gasteiger partial charge in [0.2, 0.25) is 5.91 Å². The van der Waals surface area contributed by atoms with Crippen molar-refractivity contribution in [2.75, 3.05) is 5.32 Å². The number of aliphatic carboxylic acids is 1. The highest BCUT2D eigenvalue weighted by molar-refractivity contribution is 5.94. The summed E-state index contributed by atoms with van der Waals surface area (Å²) >= 11 is 0. The first-order chi connectivity index (χ1) is 8.68. The summed E-state index contributed by atoms with van der Waals surface area (Å²) in [6.07, 6.45) is 6.09. The van der Waals surface area contributed by atoms with Crippen LogP contribution in [0.25, 0.3) is 0 Å². The van der Waals surface area contributed by atoms with Gasteiger partial charge in [-0.15, -0.1) is 0 Å². The average molecular weight is 246 g/mol. The predicted molar refractivity (Wildman–Crippen MR) is 65.9 cm³/mol. The number of amides is 1. The lowest BCUT2D eigenvalue weighted by Crippen LogP contribution is -2.34. The zero-order chi connectivity index (χ0) is 13.0. The number of carbonyl (C=O) groups is 2. The molecule has 94 valence electrons. The van der Waals surface area contributed by atoms with Crippen molar-refractivity contribution < 1.29 is 14.7 Å². The van der Waals surface area contributed by atoms with E-state index < -0.39 is 17.8 Å². The Morgan fingerprint density at radius 1 is 1.22 bits per heavy atom. The maximum absolute atomic E-state index is 12.0. The number of carboxylic acids is 1. The van der Waals surface area contributed by atoms with E-state index in [1.807, 2.05) is 12.2 Å². The molecule has 0 saturated carbocycles. The van der Waals surface area contributed by atoms with E-state index in [0.29, 0.717) is 18.7 Å². The number of pyridine rings is 1. The highest BCUT2D eigenvalue weighted by atomic mass is 16.4. The highest BCUT2D eigenvalue weighted by Crippen LogP contribution is 2.26. The summed E-state index contributed by atoms with van der Waals surface area (Å²) in [4.78, 5) is 27.1. The Hall–Kier alpha value is -2.17. The van der Waals surface area contributed by atoms with Crippen molar-refractivity contribution in [1.29, 1.82) is 0 Å². The van der Waals surface area contributed by atoms with Crippen LogP contribution in [0.15, 0.2) is 36.5 Å². The van der Waals surface area contributed by atoms with E-state index in [0.717, 1.165) is 0 Å². The van der Waals surface area contributed by atoms with Gasteiger partial charge in [0, 0.05) is 6.20 Å². The van der Waals surface area contributed by atoms with E-state index >= 15 is 0 Å². The Morgan fingerprint density at radius 3 is 2.56 bits per heavy atom. The van der Waals surface area contributed by atoms with Crippen molar-refractivity contribution in [3.05, 3.63) is 36.5 Å². The summed E-state index contributed by atoms with van der Waals surface area (Å²) in [5.41, 5.74) is 0. The van der Waals surface area contributed by atoms with Crippen LogP contribution in [-0.2, 0) is 9.59 Å². The molecule has 2 N–H and O–H groups in total. The molecule has 18 heavy (non-hydrogen) atoms. The van der Waals surface area contributed by atoms with Gasteiger partial charge in [0.05, 0.1) is 11.8 Å². The molecule has 1 aromatic rings. The average Bonchev–Trinajstić information content (AvgIpc) is 2.40. The molecule has 2 rings (SSSR count). The van der Waals surface area contributed by atoms with Gasteiger partial charge in [0.15, 0.2) is 0 Å². The number of carboxylic acid groups (broad SMARTS) is 1. The standard InChI is InChI=1S/C13H14N2O3/c16-12(15-11-7-3-4-8-14-11)9-5-1-2-6-10(9)13(17)18/h1-4,7-10H,5-6H2,(H,17,18)(H,14,15,16)/t9-,10-/m1/s1. The van der Waals surface area contributed by atoms with Crippen LogP contribution in [0.1, 0.15) is 12.8 Å². The molecule has 0 saturated heterocycles. The first-order valence-electron chi connectivity index (χ1n) is 5.78. The van der Waals surface area contributed by atoms with Gasteiger partial charge in [0.1, 0.15) is 5.82 Å². The molecule has 1 aliphatic rings. The Balaban J connectivity index is 2.08. The number of anilines is 1. The smallest absolute Gasteiger partial charge is 0.307 e. The van der Waals surface area contributed by atoms with Gasteiger partial charge < -0.3 is 10.4 Å². The van der Waals surface area contributed by atoms with Crippen molar-refractivity contribution in [2.45, 2.75) is 12.8 Å². The van der Waals surface area contributed by atoms with Gasteiger partial charge in [-0.3, -0.25) is 9.59 Å². The van der Waals surface area contributed by atoms with Gasteiger partial charge in [-0.05, 0) is 25.0 Å². The predicted octanol–water partition coefficient (Wildman–Crippen LogP) is 1.69. The molecular formula is C13H14N2O3. The zero-order valence-electron chi connectivity index (χ0n) is 9.74. The van der Waals surface area contributed by atoms with Crippen LogP contribution in [0.4, 0.5) is 5.82 Å². The maximum Gasteiger partial charge on any atom is 0.307 e. The molecule has 0 fully saturated rings. The van der Waals surface area contributed by atoms with Gasteiger partial charge in [-0.25, -0.2) is 4.98 Å². The van der Waals surface area contributed by atoms with Gasteiger partial charge in [-0.2, -0.15) is 0 Å². The molecule has 0 aliphatic heterocycles. The Labute approximate surface area is 105 Å². The summed E-state index contributed by atoms with van der Waals surface area (Å²) in [7, 11) is 0. The molecule has 5 heteroatoms. The van der Waals surface area contributed by atoms with Crippen molar-refractivity contribution in [1.82, 2.24) is 4.98 Å². The SMILES string of the molecule is O=C(O)[C@@H]1CC=CC[C@H]1C(=O)Nc1ccccn1. The molecule has 1 aromatic heterocycles. The largest absolute Gasteiger partial charge is 0.481 e. The van der Waals surface area contributed by atoms with E-state index in [-0.39, 0.29) is 5.91 Å². The first kappa shape index (κ1) is 12.3. The topological polar surface area (TPSA) is 79.3 Å². The third-order valence-corrected chi connectivity index (χ3v) is 3.00. The summed E-state index contributed by atoms with van der Waals surface area (Å²) in [6, 6.07) is 5.18. The Bertz CT molecular complexity index is 470. The zero-order valence-corrected chi connectivity index (χ0v) is 9.74. The fourth-order valence-electron chi connectivity index (χ4n) is 2.03. The van der Waals surface area contributed by atoms with Crippen LogP contribution in [0.5, 0.6) is 0 Å². The third kappa shape index (κ3) is 2.74. The van der Waals surface area contributed by atoms with Crippen LogP contribution in [0.2, 0.25) is 0 Å². The maximum atomic E-state index is 12.0. The fraction of sp³-hybridized carbons (Fsp3) is 0.308. The number of nitrogens with zero attached hydrogens (tertiary/aromatic N) is 1. The molecule has 1 amide bonds. The van der Waals surface area contributed by atoms with E-state index in [1.165, 1.54) is 0 Å². The quantitative estimate of drug-likeness (QED) is 0.795. The summed E-state index contributed by atoms with van der Waals surface area (Å²) in [6.45, 7) is 0. The molecule has 1 aliphatic carbocycles. The van der Waals surface area contributed by atoms with E-state index in [2.05, 4.69) is 10.3 Å². The van der Waals surface area contributed by atoms with E-state index in [1.54, 1.807) is 24.4 Å². The lowest BCUT2D eigenvalue weighted by atomic mass is 9.82. The van der Waals surface area contributed by atoms with Crippen LogP contribution in [0, 0.1) is 11.8 Å². The number of hydrogen-bond donors (Lipinski definition) is 2. The normalized spacial score (nSPS) is 22.4. The van der Waals surface area contributed by atoms with Crippen LogP contribution < -0.4 is 5.32 Å². The summed E-state index contributed by atoms with van der Waals surface area (Å²) in [5, 5.41) is 11.7. The molecule has 2 atom stereocenters. The second-order valence-corrected chi connectivity index (χ2v) is 4.20. The first-order valence-corrected chi connectivity index (χ1v) is 5.78. The summed E-state index contributed by atoms with van der Waals surface area (Å²) < 4.78 is 0. The fourth-order valence-corrected chi connectivity index (χ4v) is 2.03. The monoisotopic (exact) mass is 246 g/mol. The number of rotatable bonds is 3. The van der Waals surface area contributed by atoms with Gasteiger partial charge >= 0.3 is 5.97 Å². The second-order valence-electron chi connectivity index (χ2n) is 4.20. The molecule has 0 radical (unpaired) electrons. The lowest BCUT2D eigenvalue weighted by Gasteiger charge is -2.23. The van der Waals surface area contributed by atoms with Crippen molar-refractivity contribution >= 4 is 17.7 Å². The number of hydrogen-bond acceptors (Lipinski definition) is 3. The highest BCUT2D eigenvalue weighted by Gasteiger charge is 2.33. The van der Waals surface area contributed by atoms with Crippen molar-refractivity contribution in [3.8, 4) is 0 Å². The summed E-state index contributed by atoms with van der Waals surface area (Å²) in [5.74, 6) is -1.96. The molecule has 1 heterocycles. The number of allylic oxidation sites excluding steroid dienone is 2.